The zero-order valence-corrected chi connectivity index (χ0v) is 10.9. The average Bonchev–Trinajstić information content (AvgIpc) is 2.49. The van der Waals surface area contributed by atoms with Crippen LogP contribution in [0.15, 0.2) is 18.2 Å². The molecule has 0 fully saturated rings. The van der Waals surface area contributed by atoms with E-state index in [1.54, 1.807) is 18.2 Å². The molecule has 0 radical (unpaired) electrons. The minimum atomic E-state index is 0.0167. The zero-order valence-electron chi connectivity index (χ0n) is 10.9. The van der Waals surface area contributed by atoms with Gasteiger partial charge in [-0.2, -0.15) is 15.2 Å². The number of nitrogens with one attached hydrogen (secondary N) is 1. The van der Waals surface area contributed by atoms with Gasteiger partial charge in [-0.05, 0) is 24.6 Å². The summed E-state index contributed by atoms with van der Waals surface area (Å²) in [7, 11) is 1.42. The SMILES string of the molecule is COc1nc(NN)nc(Oc2cc(C#N)ccc2C)n1. The van der Waals surface area contributed by atoms with Crippen molar-refractivity contribution in [1.82, 2.24) is 15.0 Å². The third-order valence-electron chi connectivity index (χ3n) is 2.42. The molecule has 0 saturated heterocycles. The van der Waals surface area contributed by atoms with Crippen molar-refractivity contribution in [2.75, 3.05) is 12.5 Å². The number of hydrogen-bond acceptors (Lipinski definition) is 8. The number of hydrogen-bond donors (Lipinski definition) is 2. The Labute approximate surface area is 115 Å². The number of aromatic nitrogens is 3. The number of nitrogens with two attached hydrogens (primary N) is 1. The van der Waals surface area contributed by atoms with Crippen molar-refractivity contribution in [3.63, 3.8) is 0 Å². The fourth-order valence-electron chi connectivity index (χ4n) is 1.42. The minimum absolute atomic E-state index is 0.0167. The first kappa shape index (κ1) is 13.5. The first-order valence-corrected chi connectivity index (χ1v) is 5.61. The Morgan fingerprint density at radius 3 is 2.65 bits per heavy atom. The fourth-order valence-corrected chi connectivity index (χ4v) is 1.42. The second-order valence-corrected chi connectivity index (χ2v) is 3.77. The summed E-state index contributed by atoms with van der Waals surface area (Å²) >= 11 is 0. The van der Waals surface area contributed by atoms with Gasteiger partial charge in [0.2, 0.25) is 5.95 Å². The van der Waals surface area contributed by atoms with Gasteiger partial charge >= 0.3 is 12.0 Å². The summed E-state index contributed by atoms with van der Waals surface area (Å²) in [5.74, 6) is 5.84. The Morgan fingerprint density at radius 2 is 2.00 bits per heavy atom. The molecule has 0 unspecified atom stereocenters. The van der Waals surface area contributed by atoms with E-state index >= 15 is 0 Å². The molecule has 0 spiro atoms. The van der Waals surface area contributed by atoms with Crippen LogP contribution in [0.2, 0.25) is 0 Å². The van der Waals surface area contributed by atoms with E-state index in [1.807, 2.05) is 13.0 Å². The molecule has 0 saturated carbocycles. The summed E-state index contributed by atoms with van der Waals surface area (Å²) in [6.07, 6.45) is 0. The second-order valence-electron chi connectivity index (χ2n) is 3.77. The number of rotatable bonds is 4. The molecule has 1 aromatic carbocycles. The first-order valence-electron chi connectivity index (χ1n) is 5.61. The van der Waals surface area contributed by atoms with Crippen LogP contribution < -0.4 is 20.7 Å². The van der Waals surface area contributed by atoms with Crippen molar-refractivity contribution in [2.45, 2.75) is 6.92 Å². The number of anilines is 1. The van der Waals surface area contributed by atoms with Gasteiger partial charge in [0.05, 0.1) is 18.7 Å². The summed E-state index contributed by atoms with van der Waals surface area (Å²) in [4.78, 5) is 11.8. The van der Waals surface area contributed by atoms with Crippen molar-refractivity contribution >= 4 is 5.95 Å². The van der Waals surface area contributed by atoms with Gasteiger partial charge in [-0.3, -0.25) is 5.43 Å². The van der Waals surface area contributed by atoms with E-state index in [4.69, 9.17) is 20.6 Å². The lowest BCUT2D eigenvalue weighted by molar-refractivity contribution is 0.359. The maximum Gasteiger partial charge on any atom is 0.330 e. The summed E-state index contributed by atoms with van der Waals surface area (Å²) in [6, 6.07) is 7.19. The van der Waals surface area contributed by atoms with Crippen LogP contribution in [-0.2, 0) is 0 Å². The number of hydrazine groups is 1. The maximum atomic E-state index is 8.89. The summed E-state index contributed by atoms with van der Waals surface area (Å²) in [5, 5.41) is 8.89. The minimum Gasteiger partial charge on any atom is -0.467 e. The van der Waals surface area contributed by atoms with Crippen molar-refractivity contribution in [2.24, 2.45) is 5.84 Å². The maximum absolute atomic E-state index is 8.89. The molecule has 102 valence electrons. The lowest BCUT2D eigenvalue weighted by Gasteiger charge is -2.09. The number of aryl methyl sites for hydroxylation is 1. The van der Waals surface area contributed by atoms with Gasteiger partial charge in [0.1, 0.15) is 5.75 Å². The van der Waals surface area contributed by atoms with Gasteiger partial charge in [0, 0.05) is 0 Å². The summed E-state index contributed by atoms with van der Waals surface area (Å²) < 4.78 is 10.5. The smallest absolute Gasteiger partial charge is 0.330 e. The molecule has 0 aliphatic rings. The predicted octanol–water partition coefficient (Wildman–Crippen LogP) is 1.14. The van der Waals surface area contributed by atoms with Gasteiger partial charge in [-0.1, -0.05) is 6.07 Å². The molecule has 2 rings (SSSR count). The topological polar surface area (TPSA) is 119 Å². The molecule has 0 aliphatic carbocycles. The van der Waals surface area contributed by atoms with Crippen molar-refractivity contribution < 1.29 is 9.47 Å². The number of nitriles is 1. The third-order valence-corrected chi connectivity index (χ3v) is 2.42. The molecular weight excluding hydrogens is 260 g/mol. The van der Waals surface area contributed by atoms with Gasteiger partial charge in [-0.15, -0.1) is 4.98 Å². The third kappa shape index (κ3) is 2.90. The quantitative estimate of drug-likeness (QED) is 0.628. The number of methoxy groups -OCH3 is 1. The molecule has 8 nitrogen and oxygen atoms in total. The van der Waals surface area contributed by atoms with Crippen LogP contribution in [0.3, 0.4) is 0 Å². The lowest BCUT2D eigenvalue weighted by atomic mass is 10.1. The summed E-state index contributed by atoms with van der Waals surface area (Å²) in [6.45, 7) is 1.84. The molecule has 0 atom stereocenters. The standard InChI is InChI=1S/C12H12N6O2/c1-7-3-4-8(6-13)5-9(7)20-12-16-10(18-14)15-11(17-12)19-2/h3-5H,14H2,1-2H3,(H,15,16,17,18). The largest absolute Gasteiger partial charge is 0.467 e. The van der Waals surface area contributed by atoms with E-state index in [1.165, 1.54) is 7.11 Å². The van der Waals surface area contributed by atoms with Crippen molar-refractivity contribution in [3.05, 3.63) is 29.3 Å². The number of ether oxygens (including phenoxy) is 2. The van der Waals surface area contributed by atoms with Gasteiger partial charge in [-0.25, -0.2) is 5.84 Å². The van der Waals surface area contributed by atoms with Crippen LogP contribution in [0, 0.1) is 18.3 Å². The molecular formula is C12H12N6O2. The van der Waals surface area contributed by atoms with E-state index in [0.29, 0.717) is 11.3 Å². The van der Waals surface area contributed by atoms with Crippen LogP contribution in [0.5, 0.6) is 17.8 Å². The Bertz CT molecular complexity index is 645. The highest BCUT2D eigenvalue weighted by Crippen LogP contribution is 2.25. The van der Waals surface area contributed by atoms with E-state index in [9.17, 15) is 0 Å². The van der Waals surface area contributed by atoms with Crippen molar-refractivity contribution in [1.29, 1.82) is 5.26 Å². The molecule has 0 aliphatic heterocycles. The fraction of sp³-hybridized carbons (Fsp3) is 0.167. The number of nitrogens with zero attached hydrogens (tertiary/aromatic N) is 4. The highest BCUT2D eigenvalue weighted by molar-refractivity contribution is 5.43. The normalized spacial score (nSPS) is 9.70. The van der Waals surface area contributed by atoms with Gasteiger partial charge in [0.25, 0.3) is 0 Å². The van der Waals surface area contributed by atoms with E-state index in [0.717, 1.165) is 5.56 Å². The molecule has 8 heteroatoms. The van der Waals surface area contributed by atoms with E-state index < -0.39 is 0 Å². The van der Waals surface area contributed by atoms with Crippen LogP contribution in [0.1, 0.15) is 11.1 Å². The number of nitrogen functional groups attached to an aromatic ring is 1. The van der Waals surface area contributed by atoms with E-state index in [-0.39, 0.29) is 18.0 Å². The molecule has 3 N–H and O–H groups in total. The molecule has 1 heterocycles. The zero-order chi connectivity index (χ0) is 14.5. The average molecular weight is 272 g/mol. The first-order chi connectivity index (χ1) is 9.66. The Morgan fingerprint density at radius 1 is 1.25 bits per heavy atom. The highest BCUT2D eigenvalue weighted by Gasteiger charge is 2.10. The lowest BCUT2D eigenvalue weighted by Crippen LogP contribution is -2.12. The predicted molar refractivity (Wildman–Crippen MR) is 70.2 cm³/mol. The van der Waals surface area contributed by atoms with Crippen LogP contribution in [-0.4, -0.2) is 22.1 Å². The van der Waals surface area contributed by atoms with Crippen LogP contribution >= 0.6 is 0 Å². The Hall–Kier alpha value is -2.92. The molecule has 2 aromatic rings. The van der Waals surface area contributed by atoms with Crippen LogP contribution in [0.25, 0.3) is 0 Å². The molecule has 20 heavy (non-hydrogen) atoms. The second kappa shape index (κ2) is 5.81. The number of benzene rings is 1. The molecule has 0 amide bonds. The Kier molecular flexibility index (Phi) is 3.93. The van der Waals surface area contributed by atoms with Crippen molar-refractivity contribution in [3.8, 4) is 23.8 Å². The Balaban J connectivity index is 2.36. The highest BCUT2D eigenvalue weighted by atomic mass is 16.5. The molecule has 1 aromatic heterocycles. The van der Waals surface area contributed by atoms with Crippen LogP contribution in [0.4, 0.5) is 5.95 Å². The van der Waals surface area contributed by atoms with Gasteiger partial charge < -0.3 is 9.47 Å². The molecule has 0 bridgehead atoms. The summed E-state index contributed by atoms with van der Waals surface area (Å²) in [5.41, 5.74) is 3.60. The van der Waals surface area contributed by atoms with Gasteiger partial charge in [0.15, 0.2) is 0 Å². The van der Waals surface area contributed by atoms with E-state index in [2.05, 4.69) is 20.4 Å². The monoisotopic (exact) mass is 272 g/mol.